The van der Waals surface area contributed by atoms with E-state index in [1.807, 2.05) is 44.2 Å². The minimum absolute atomic E-state index is 0.00286. The van der Waals surface area contributed by atoms with Crippen LogP contribution in [0.25, 0.3) is 6.08 Å². The number of carbonyl (C=O) groups excluding carboxylic acids is 2. The summed E-state index contributed by atoms with van der Waals surface area (Å²) in [7, 11) is 2.02. The van der Waals surface area contributed by atoms with Crippen molar-refractivity contribution in [1.82, 2.24) is 0 Å². The number of carbonyl (C=O) groups is 2. The molecule has 5 nitrogen and oxygen atoms in total. The van der Waals surface area contributed by atoms with Gasteiger partial charge in [-0.1, -0.05) is 49.5 Å². The first-order valence-corrected chi connectivity index (χ1v) is 13.8. The maximum absolute atomic E-state index is 12.7. The van der Waals surface area contributed by atoms with Crippen LogP contribution < -0.4 is 14.9 Å². The minimum Gasteiger partial charge on any atom is -0.490 e. The summed E-state index contributed by atoms with van der Waals surface area (Å²) in [5.74, 6) is 3.28. The molecule has 2 fully saturated rings. The van der Waals surface area contributed by atoms with Crippen molar-refractivity contribution in [2.45, 2.75) is 58.3 Å². The van der Waals surface area contributed by atoms with E-state index in [1.165, 1.54) is 31.8 Å². The van der Waals surface area contributed by atoms with Gasteiger partial charge in [0.2, 0.25) is 0 Å². The van der Waals surface area contributed by atoms with Gasteiger partial charge >= 0.3 is 11.9 Å². The molecule has 0 atom stereocenters. The van der Waals surface area contributed by atoms with Gasteiger partial charge in [0, 0.05) is 6.08 Å². The SMILES string of the molecule is Bc1ccc(OCCOC(=O)/C=C/c2ccc(OC(=O)C3CCC(C4CCC(C)CC4)CC3)cc2)cc1. The van der Waals surface area contributed by atoms with Gasteiger partial charge in [0.25, 0.3) is 0 Å². The van der Waals surface area contributed by atoms with E-state index in [0.717, 1.165) is 60.2 Å². The minimum atomic E-state index is -0.429. The summed E-state index contributed by atoms with van der Waals surface area (Å²) in [4.78, 5) is 24.7. The molecule has 0 amide bonds. The fourth-order valence-corrected chi connectivity index (χ4v) is 5.58. The fourth-order valence-electron chi connectivity index (χ4n) is 5.58. The highest BCUT2D eigenvalue weighted by atomic mass is 16.6. The van der Waals surface area contributed by atoms with Crippen molar-refractivity contribution in [2.24, 2.45) is 23.7 Å². The van der Waals surface area contributed by atoms with Crippen LogP contribution in [0.5, 0.6) is 11.5 Å². The van der Waals surface area contributed by atoms with Crippen molar-refractivity contribution < 1.29 is 23.8 Å². The van der Waals surface area contributed by atoms with E-state index in [9.17, 15) is 9.59 Å². The summed E-state index contributed by atoms with van der Waals surface area (Å²) in [5, 5.41) is 0. The van der Waals surface area contributed by atoms with Gasteiger partial charge in [-0.05, 0) is 92.2 Å². The molecule has 0 aliphatic heterocycles. The lowest BCUT2D eigenvalue weighted by molar-refractivity contribution is -0.140. The lowest BCUT2D eigenvalue weighted by Crippen LogP contribution is -2.29. The third-order valence-electron chi connectivity index (χ3n) is 7.96. The van der Waals surface area contributed by atoms with Crippen LogP contribution in [-0.2, 0) is 14.3 Å². The molecule has 37 heavy (non-hydrogen) atoms. The van der Waals surface area contributed by atoms with Crippen LogP contribution in [0.4, 0.5) is 0 Å². The van der Waals surface area contributed by atoms with Crippen LogP contribution in [0.2, 0.25) is 0 Å². The molecule has 0 saturated heterocycles. The van der Waals surface area contributed by atoms with Crippen molar-refractivity contribution in [3.05, 3.63) is 60.2 Å². The van der Waals surface area contributed by atoms with E-state index in [-0.39, 0.29) is 18.5 Å². The van der Waals surface area contributed by atoms with Gasteiger partial charge in [0.05, 0.1) is 5.92 Å². The van der Waals surface area contributed by atoms with E-state index in [0.29, 0.717) is 12.4 Å². The predicted molar refractivity (Wildman–Crippen MR) is 149 cm³/mol. The zero-order chi connectivity index (χ0) is 26.0. The number of rotatable bonds is 9. The normalized spacial score (nSPS) is 23.9. The third-order valence-corrected chi connectivity index (χ3v) is 7.96. The Bertz CT molecular complexity index is 1030. The molecule has 2 aliphatic carbocycles. The van der Waals surface area contributed by atoms with Crippen LogP contribution in [-0.4, -0.2) is 33.0 Å². The Balaban J connectivity index is 1.14. The molecule has 0 radical (unpaired) electrons. The third kappa shape index (κ3) is 8.51. The molecule has 0 unspecified atom stereocenters. The molecular weight excluding hydrogens is 463 g/mol. The lowest BCUT2D eigenvalue weighted by atomic mass is 9.69. The molecule has 196 valence electrons. The van der Waals surface area contributed by atoms with Crippen LogP contribution in [0.1, 0.15) is 63.9 Å². The molecular formula is C31H39BO5. The topological polar surface area (TPSA) is 61.8 Å². The largest absolute Gasteiger partial charge is 0.490 e. The molecule has 2 saturated carbocycles. The first-order valence-electron chi connectivity index (χ1n) is 13.8. The second kappa shape index (κ2) is 13.5. The van der Waals surface area contributed by atoms with Gasteiger partial charge < -0.3 is 14.2 Å². The maximum atomic E-state index is 12.7. The Morgan fingerprint density at radius 1 is 0.811 bits per heavy atom. The molecule has 2 aromatic rings. The second-order valence-electron chi connectivity index (χ2n) is 10.8. The summed E-state index contributed by atoms with van der Waals surface area (Å²) < 4.78 is 16.4. The summed E-state index contributed by atoms with van der Waals surface area (Å²) >= 11 is 0. The van der Waals surface area contributed by atoms with Crippen molar-refractivity contribution in [1.29, 1.82) is 0 Å². The molecule has 0 bridgehead atoms. The van der Waals surface area contributed by atoms with Gasteiger partial charge in [0.15, 0.2) is 0 Å². The fraction of sp³-hybridized carbons (Fsp3) is 0.484. The molecule has 0 aromatic heterocycles. The Kier molecular flexibility index (Phi) is 9.87. The number of esters is 2. The number of hydrogen-bond acceptors (Lipinski definition) is 5. The Morgan fingerprint density at radius 3 is 2.05 bits per heavy atom. The zero-order valence-electron chi connectivity index (χ0n) is 22.2. The van der Waals surface area contributed by atoms with Gasteiger partial charge in [-0.3, -0.25) is 4.79 Å². The maximum Gasteiger partial charge on any atom is 0.330 e. The van der Waals surface area contributed by atoms with Crippen molar-refractivity contribution >= 4 is 31.3 Å². The van der Waals surface area contributed by atoms with E-state index < -0.39 is 5.97 Å². The molecule has 6 heteroatoms. The molecule has 2 aromatic carbocycles. The van der Waals surface area contributed by atoms with Crippen molar-refractivity contribution in [3.63, 3.8) is 0 Å². The second-order valence-corrected chi connectivity index (χ2v) is 10.8. The Labute approximate surface area is 222 Å². The summed E-state index contributed by atoms with van der Waals surface area (Å²) in [5.41, 5.74) is 1.99. The molecule has 0 spiro atoms. The average molecular weight is 502 g/mol. The van der Waals surface area contributed by atoms with Crippen molar-refractivity contribution in [3.8, 4) is 11.5 Å². The van der Waals surface area contributed by atoms with Crippen LogP contribution in [0.3, 0.4) is 0 Å². The predicted octanol–water partition coefficient (Wildman–Crippen LogP) is 5.12. The zero-order valence-corrected chi connectivity index (χ0v) is 22.2. The molecule has 0 heterocycles. The van der Waals surface area contributed by atoms with E-state index in [2.05, 4.69) is 6.92 Å². The van der Waals surface area contributed by atoms with Crippen LogP contribution >= 0.6 is 0 Å². The van der Waals surface area contributed by atoms with Gasteiger partial charge in [-0.2, -0.15) is 0 Å². The van der Waals surface area contributed by atoms with Crippen molar-refractivity contribution in [2.75, 3.05) is 13.2 Å². The number of hydrogen-bond donors (Lipinski definition) is 0. The Hall–Kier alpha value is -3.02. The molecule has 4 rings (SSSR count). The smallest absolute Gasteiger partial charge is 0.330 e. The molecule has 0 N–H and O–H groups in total. The van der Waals surface area contributed by atoms with Crippen LogP contribution in [0, 0.1) is 23.7 Å². The first kappa shape index (κ1) is 27.0. The summed E-state index contributed by atoms with van der Waals surface area (Å²) in [6, 6.07) is 14.9. The van der Waals surface area contributed by atoms with Crippen LogP contribution in [0.15, 0.2) is 54.6 Å². The highest BCUT2D eigenvalue weighted by Gasteiger charge is 2.33. The number of benzene rings is 2. The quantitative estimate of drug-likeness (QED) is 0.157. The lowest BCUT2D eigenvalue weighted by Gasteiger charge is -2.36. The summed E-state index contributed by atoms with van der Waals surface area (Å²) in [6.45, 7) is 2.84. The standard InChI is InChI=1S/C31H39BO5/c1-22-2-7-24(8-3-22)25-9-11-26(12-10-25)31(34)37-29-15-4-23(5-16-29)6-19-30(33)36-21-20-35-28-17-13-27(32)14-18-28/h4-6,13-19,22,24-26H,2-3,7-12,20-21,32H2,1H3/b19-6+. The van der Waals surface area contributed by atoms with E-state index >= 15 is 0 Å². The van der Waals surface area contributed by atoms with Gasteiger partial charge in [-0.15, -0.1) is 0 Å². The van der Waals surface area contributed by atoms with Gasteiger partial charge in [-0.25, -0.2) is 4.79 Å². The highest BCUT2D eigenvalue weighted by Crippen LogP contribution is 2.41. The first-order chi connectivity index (χ1) is 18.0. The van der Waals surface area contributed by atoms with E-state index in [1.54, 1.807) is 18.2 Å². The molecule has 2 aliphatic rings. The monoisotopic (exact) mass is 502 g/mol. The number of ether oxygens (including phenoxy) is 3. The average Bonchev–Trinajstić information content (AvgIpc) is 2.92. The Morgan fingerprint density at radius 2 is 1.41 bits per heavy atom. The van der Waals surface area contributed by atoms with E-state index in [4.69, 9.17) is 14.2 Å². The highest BCUT2D eigenvalue weighted by molar-refractivity contribution is 6.32. The summed E-state index contributed by atoms with van der Waals surface area (Å²) in [6.07, 6.45) is 12.7. The van der Waals surface area contributed by atoms with Gasteiger partial charge in [0.1, 0.15) is 32.6 Å².